The lowest BCUT2D eigenvalue weighted by molar-refractivity contribution is -0.122. The molecule has 1 aromatic carbocycles. The largest absolute Gasteiger partial charge is 0.325 e. The molecule has 2 nitrogen and oxygen atoms in total. The van der Waals surface area contributed by atoms with E-state index in [1.807, 2.05) is 25.1 Å². The summed E-state index contributed by atoms with van der Waals surface area (Å²) >= 11 is 3.48. The van der Waals surface area contributed by atoms with Crippen LogP contribution in [0.25, 0.3) is 0 Å². The Kier molecular flexibility index (Phi) is 3.81. The Bertz CT molecular complexity index is 468. The van der Waals surface area contributed by atoms with Crippen LogP contribution in [0.15, 0.2) is 22.7 Å². The second-order valence-corrected chi connectivity index (χ2v) is 6.76. The van der Waals surface area contributed by atoms with Crippen LogP contribution in [-0.2, 0) is 4.79 Å². The molecule has 0 radical (unpaired) electrons. The Labute approximate surface area is 117 Å². The number of aryl methyl sites for hydroxylation is 1. The van der Waals surface area contributed by atoms with E-state index in [0.29, 0.717) is 0 Å². The van der Waals surface area contributed by atoms with Crippen molar-refractivity contribution in [2.75, 3.05) is 5.32 Å². The number of anilines is 1. The summed E-state index contributed by atoms with van der Waals surface area (Å²) in [6.07, 6.45) is 3.29. The van der Waals surface area contributed by atoms with Crippen LogP contribution in [-0.4, -0.2) is 5.91 Å². The molecule has 0 saturated heterocycles. The van der Waals surface area contributed by atoms with Crippen LogP contribution in [0.4, 0.5) is 5.69 Å². The standard InChI is InChI=1S/C15H20BrNO/c1-10-6-7-12(16)13(9-10)17-14(18)11-5-4-8-15(11,2)3/h6-7,9,11H,4-5,8H2,1-3H3,(H,17,18). The molecule has 0 heterocycles. The highest BCUT2D eigenvalue weighted by atomic mass is 79.9. The number of rotatable bonds is 2. The van der Waals surface area contributed by atoms with E-state index >= 15 is 0 Å². The topological polar surface area (TPSA) is 29.1 Å². The predicted octanol–water partition coefficient (Wildman–Crippen LogP) is 4.52. The highest BCUT2D eigenvalue weighted by Gasteiger charge is 2.39. The molecule has 1 N–H and O–H groups in total. The summed E-state index contributed by atoms with van der Waals surface area (Å²) in [5.74, 6) is 0.286. The Morgan fingerprint density at radius 1 is 1.44 bits per heavy atom. The third-order valence-corrected chi connectivity index (χ3v) is 4.64. The van der Waals surface area contributed by atoms with E-state index in [0.717, 1.165) is 35.0 Å². The van der Waals surface area contributed by atoms with Gasteiger partial charge in [-0.25, -0.2) is 0 Å². The number of carbonyl (C=O) groups excluding carboxylic acids is 1. The van der Waals surface area contributed by atoms with E-state index in [9.17, 15) is 4.79 Å². The van der Waals surface area contributed by atoms with E-state index in [2.05, 4.69) is 35.1 Å². The third-order valence-electron chi connectivity index (χ3n) is 3.95. The lowest BCUT2D eigenvalue weighted by Gasteiger charge is -2.26. The van der Waals surface area contributed by atoms with Crippen LogP contribution in [0.1, 0.15) is 38.7 Å². The summed E-state index contributed by atoms with van der Waals surface area (Å²) < 4.78 is 0.942. The number of carbonyl (C=O) groups is 1. The zero-order valence-electron chi connectivity index (χ0n) is 11.2. The van der Waals surface area contributed by atoms with Gasteiger partial charge in [0.25, 0.3) is 0 Å². The van der Waals surface area contributed by atoms with Crippen LogP contribution in [0, 0.1) is 18.3 Å². The first-order valence-corrected chi connectivity index (χ1v) is 7.26. The van der Waals surface area contributed by atoms with Gasteiger partial charge in [-0.2, -0.15) is 0 Å². The number of nitrogens with one attached hydrogen (secondary N) is 1. The lowest BCUT2D eigenvalue weighted by Crippen LogP contribution is -2.30. The van der Waals surface area contributed by atoms with Gasteiger partial charge in [-0.05, 0) is 58.8 Å². The third kappa shape index (κ3) is 2.77. The monoisotopic (exact) mass is 309 g/mol. The van der Waals surface area contributed by atoms with Crippen molar-refractivity contribution in [2.45, 2.75) is 40.0 Å². The molecule has 1 saturated carbocycles. The molecular weight excluding hydrogens is 290 g/mol. The van der Waals surface area contributed by atoms with Crippen molar-refractivity contribution < 1.29 is 4.79 Å². The zero-order valence-corrected chi connectivity index (χ0v) is 12.8. The summed E-state index contributed by atoms with van der Waals surface area (Å²) in [6.45, 7) is 6.41. The van der Waals surface area contributed by atoms with Crippen molar-refractivity contribution in [3.63, 3.8) is 0 Å². The fourth-order valence-electron chi connectivity index (χ4n) is 2.77. The highest BCUT2D eigenvalue weighted by Crippen LogP contribution is 2.43. The van der Waals surface area contributed by atoms with Gasteiger partial charge in [0, 0.05) is 10.4 Å². The number of halogens is 1. The van der Waals surface area contributed by atoms with Crippen molar-refractivity contribution in [2.24, 2.45) is 11.3 Å². The van der Waals surface area contributed by atoms with Gasteiger partial charge in [-0.15, -0.1) is 0 Å². The van der Waals surface area contributed by atoms with Crippen molar-refractivity contribution in [1.29, 1.82) is 0 Å². The van der Waals surface area contributed by atoms with Gasteiger partial charge in [-0.1, -0.05) is 26.3 Å². The molecule has 0 aliphatic heterocycles. The summed E-state index contributed by atoms with van der Waals surface area (Å²) in [5.41, 5.74) is 2.15. The molecule has 98 valence electrons. The average Bonchev–Trinajstić information content (AvgIpc) is 2.63. The Hall–Kier alpha value is -0.830. The van der Waals surface area contributed by atoms with Crippen LogP contribution in [0.2, 0.25) is 0 Å². The maximum atomic E-state index is 12.4. The lowest BCUT2D eigenvalue weighted by atomic mass is 9.81. The molecule has 1 fully saturated rings. The normalized spacial score (nSPS) is 21.9. The zero-order chi connectivity index (χ0) is 13.3. The SMILES string of the molecule is Cc1ccc(Br)c(NC(=O)C2CCCC2(C)C)c1. The number of hydrogen-bond acceptors (Lipinski definition) is 1. The summed E-state index contributed by atoms with van der Waals surface area (Å²) in [4.78, 5) is 12.4. The van der Waals surface area contributed by atoms with E-state index in [1.54, 1.807) is 0 Å². The van der Waals surface area contributed by atoms with Crippen LogP contribution < -0.4 is 5.32 Å². The Balaban J connectivity index is 2.14. The number of hydrogen-bond donors (Lipinski definition) is 1. The highest BCUT2D eigenvalue weighted by molar-refractivity contribution is 9.10. The quantitative estimate of drug-likeness (QED) is 0.855. The number of amides is 1. The van der Waals surface area contributed by atoms with E-state index in [1.165, 1.54) is 0 Å². The molecule has 1 aliphatic rings. The maximum Gasteiger partial charge on any atom is 0.228 e. The second kappa shape index (κ2) is 5.04. The van der Waals surface area contributed by atoms with Crippen molar-refractivity contribution in [3.8, 4) is 0 Å². The molecule has 1 unspecified atom stereocenters. The average molecular weight is 310 g/mol. The minimum atomic E-state index is 0.125. The first kappa shape index (κ1) is 13.6. The molecule has 1 amide bonds. The molecule has 2 rings (SSSR count). The smallest absolute Gasteiger partial charge is 0.228 e. The molecule has 1 aliphatic carbocycles. The van der Waals surface area contributed by atoms with E-state index in [-0.39, 0.29) is 17.2 Å². The second-order valence-electron chi connectivity index (χ2n) is 5.91. The molecule has 18 heavy (non-hydrogen) atoms. The van der Waals surface area contributed by atoms with Crippen LogP contribution in [0.3, 0.4) is 0 Å². The van der Waals surface area contributed by atoms with Gasteiger partial charge in [0.1, 0.15) is 0 Å². The molecule has 1 atom stereocenters. The molecule has 0 bridgehead atoms. The minimum Gasteiger partial charge on any atom is -0.325 e. The van der Waals surface area contributed by atoms with Crippen molar-refractivity contribution in [1.82, 2.24) is 0 Å². The molecular formula is C15H20BrNO. The summed E-state index contributed by atoms with van der Waals surface area (Å²) in [6, 6.07) is 6.01. The van der Waals surface area contributed by atoms with E-state index < -0.39 is 0 Å². The van der Waals surface area contributed by atoms with Gasteiger partial charge in [-0.3, -0.25) is 4.79 Å². The molecule has 0 spiro atoms. The van der Waals surface area contributed by atoms with Crippen molar-refractivity contribution >= 4 is 27.5 Å². The summed E-state index contributed by atoms with van der Waals surface area (Å²) in [5, 5.41) is 3.06. The fourth-order valence-corrected chi connectivity index (χ4v) is 3.11. The van der Waals surface area contributed by atoms with Gasteiger partial charge < -0.3 is 5.32 Å². The predicted molar refractivity (Wildman–Crippen MR) is 78.6 cm³/mol. The van der Waals surface area contributed by atoms with E-state index in [4.69, 9.17) is 0 Å². The first-order chi connectivity index (χ1) is 8.40. The first-order valence-electron chi connectivity index (χ1n) is 6.47. The van der Waals surface area contributed by atoms with Gasteiger partial charge >= 0.3 is 0 Å². The molecule has 3 heteroatoms. The fraction of sp³-hybridized carbons (Fsp3) is 0.533. The Morgan fingerprint density at radius 2 is 2.17 bits per heavy atom. The maximum absolute atomic E-state index is 12.4. The van der Waals surface area contributed by atoms with Crippen LogP contribution in [0.5, 0.6) is 0 Å². The Morgan fingerprint density at radius 3 is 2.78 bits per heavy atom. The van der Waals surface area contributed by atoms with Crippen molar-refractivity contribution in [3.05, 3.63) is 28.2 Å². The van der Waals surface area contributed by atoms with Gasteiger partial charge in [0.15, 0.2) is 0 Å². The number of benzene rings is 1. The van der Waals surface area contributed by atoms with Crippen LogP contribution >= 0.6 is 15.9 Å². The molecule has 0 aromatic heterocycles. The minimum absolute atomic E-state index is 0.125. The summed E-state index contributed by atoms with van der Waals surface area (Å²) in [7, 11) is 0. The van der Waals surface area contributed by atoms with Gasteiger partial charge in [0.2, 0.25) is 5.91 Å². The van der Waals surface area contributed by atoms with Gasteiger partial charge in [0.05, 0.1) is 5.69 Å². The molecule has 1 aromatic rings.